The first kappa shape index (κ1) is 11.8. The van der Waals surface area contributed by atoms with Gasteiger partial charge < -0.3 is 14.8 Å². The highest BCUT2D eigenvalue weighted by atomic mass is 16.7. The van der Waals surface area contributed by atoms with Gasteiger partial charge in [0.05, 0.1) is 0 Å². The number of rotatable bonds is 2. The Morgan fingerprint density at radius 2 is 1.85 bits per heavy atom. The van der Waals surface area contributed by atoms with Crippen LogP contribution in [0, 0.1) is 0 Å². The molecule has 3 heteroatoms. The summed E-state index contributed by atoms with van der Waals surface area (Å²) in [6.07, 6.45) is 2.06. The highest BCUT2D eigenvalue weighted by Crippen LogP contribution is 2.38. The molecule has 0 aromatic heterocycles. The molecule has 2 aliphatic rings. The summed E-state index contributed by atoms with van der Waals surface area (Å²) < 4.78 is 11.0. The van der Waals surface area contributed by atoms with Crippen LogP contribution in [-0.2, 0) is 12.8 Å². The number of benzene rings is 2. The normalized spacial score (nSPS) is 19.7. The van der Waals surface area contributed by atoms with Crippen LogP contribution < -0.4 is 14.8 Å². The Hall–Kier alpha value is -2.00. The summed E-state index contributed by atoms with van der Waals surface area (Å²) in [6, 6.07) is 15.3. The van der Waals surface area contributed by atoms with Crippen molar-refractivity contribution in [3.05, 3.63) is 59.2 Å². The summed E-state index contributed by atoms with van der Waals surface area (Å²) in [7, 11) is 0. The topological polar surface area (TPSA) is 30.5 Å². The smallest absolute Gasteiger partial charge is 0.231 e. The van der Waals surface area contributed by atoms with E-state index in [1.54, 1.807) is 0 Å². The monoisotopic (exact) mass is 267 g/mol. The second kappa shape index (κ2) is 4.84. The molecule has 1 atom stereocenters. The van der Waals surface area contributed by atoms with Gasteiger partial charge in [-0.05, 0) is 48.2 Å². The summed E-state index contributed by atoms with van der Waals surface area (Å²) in [4.78, 5) is 0. The molecule has 2 aliphatic heterocycles. The van der Waals surface area contributed by atoms with Gasteiger partial charge in [-0.15, -0.1) is 0 Å². The van der Waals surface area contributed by atoms with Gasteiger partial charge in [0, 0.05) is 6.04 Å². The largest absolute Gasteiger partial charge is 0.454 e. The van der Waals surface area contributed by atoms with E-state index >= 15 is 0 Å². The first-order valence-corrected chi connectivity index (χ1v) is 7.10. The maximum Gasteiger partial charge on any atom is 0.231 e. The van der Waals surface area contributed by atoms with Gasteiger partial charge in [0.2, 0.25) is 6.79 Å². The fourth-order valence-electron chi connectivity index (χ4n) is 3.06. The lowest BCUT2D eigenvalue weighted by Gasteiger charge is -2.27. The predicted molar refractivity (Wildman–Crippen MR) is 77.2 cm³/mol. The zero-order valence-electron chi connectivity index (χ0n) is 11.3. The minimum Gasteiger partial charge on any atom is -0.454 e. The van der Waals surface area contributed by atoms with Gasteiger partial charge >= 0.3 is 0 Å². The summed E-state index contributed by atoms with van der Waals surface area (Å²) in [5, 5.41) is 3.62. The van der Waals surface area contributed by atoms with E-state index < -0.39 is 0 Å². The first-order valence-electron chi connectivity index (χ1n) is 7.10. The van der Waals surface area contributed by atoms with Crippen molar-refractivity contribution in [1.29, 1.82) is 0 Å². The molecule has 3 nitrogen and oxygen atoms in total. The van der Waals surface area contributed by atoms with Gasteiger partial charge in [-0.2, -0.15) is 0 Å². The molecule has 0 fully saturated rings. The molecule has 0 bridgehead atoms. The van der Waals surface area contributed by atoms with Crippen molar-refractivity contribution in [3.63, 3.8) is 0 Å². The van der Waals surface area contributed by atoms with Crippen LogP contribution >= 0.6 is 0 Å². The van der Waals surface area contributed by atoms with Crippen molar-refractivity contribution < 1.29 is 9.47 Å². The molecule has 0 saturated carbocycles. The van der Waals surface area contributed by atoms with E-state index in [9.17, 15) is 0 Å². The summed E-state index contributed by atoms with van der Waals surface area (Å²) >= 11 is 0. The molecule has 102 valence electrons. The first-order chi connectivity index (χ1) is 9.90. The minimum absolute atomic E-state index is 0.342. The van der Waals surface area contributed by atoms with Crippen LogP contribution in [0.15, 0.2) is 42.5 Å². The lowest BCUT2D eigenvalue weighted by molar-refractivity contribution is 0.174. The molecule has 0 spiro atoms. The Morgan fingerprint density at radius 3 is 2.70 bits per heavy atom. The second-order valence-corrected chi connectivity index (χ2v) is 5.35. The van der Waals surface area contributed by atoms with E-state index in [-0.39, 0.29) is 0 Å². The predicted octanol–water partition coefficient (Wildman–Crippen LogP) is 2.84. The third kappa shape index (κ3) is 2.04. The zero-order chi connectivity index (χ0) is 13.4. The lowest BCUT2D eigenvalue weighted by Crippen LogP contribution is -2.31. The molecule has 4 rings (SSSR count). The molecular formula is C17H17NO2. The van der Waals surface area contributed by atoms with E-state index in [2.05, 4.69) is 47.8 Å². The highest BCUT2D eigenvalue weighted by Gasteiger charge is 2.24. The molecule has 0 radical (unpaired) electrons. The Morgan fingerprint density at radius 1 is 1.05 bits per heavy atom. The van der Waals surface area contributed by atoms with Gasteiger partial charge in [0.25, 0.3) is 0 Å². The van der Waals surface area contributed by atoms with E-state index in [1.807, 2.05) is 0 Å². The quantitative estimate of drug-likeness (QED) is 0.907. The lowest BCUT2D eigenvalue weighted by atomic mass is 9.90. The third-order valence-corrected chi connectivity index (χ3v) is 4.08. The van der Waals surface area contributed by atoms with Gasteiger partial charge in [-0.3, -0.25) is 0 Å². The van der Waals surface area contributed by atoms with Gasteiger partial charge in [-0.25, -0.2) is 0 Å². The van der Waals surface area contributed by atoms with E-state index in [0.29, 0.717) is 12.8 Å². The maximum atomic E-state index is 5.51. The third-order valence-electron chi connectivity index (χ3n) is 4.08. The summed E-state index contributed by atoms with van der Waals surface area (Å²) in [5.41, 5.74) is 4.09. The standard InChI is InChI=1S/C17H17NO2/c1-2-4-12(5-3-1)8-15-14-10-17-16(19-11-20-17)9-13(14)6-7-18-15/h1-5,9-10,15,18H,6-8,11H2/t15-/m0/s1. The molecule has 0 saturated heterocycles. The van der Waals surface area contributed by atoms with Crippen LogP contribution in [0.4, 0.5) is 0 Å². The number of hydrogen-bond donors (Lipinski definition) is 1. The van der Waals surface area contributed by atoms with Gasteiger partial charge in [-0.1, -0.05) is 30.3 Å². The molecule has 2 heterocycles. The SMILES string of the molecule is c1ccc(C[C@@H]2NCCc3cc4c(cc32)OCO4)cc1. The average Bonchev–Trinajstić information content (AvgIpc) is 2.94. The highest BCUT2D eigenvalue weighted by molar-refractivity contribution is 5.50. The van der Waals surface area contributed by atoms with Crippen LogP contribution in [-0.4, -0.2) is 13.3 Å². The molecule has 2 aromatic carbocycles. The van der Waals surface area contributed by atoms with E-state index in [0.717, 1.165) is 30.9 Å². The fourth-order valence-corrected chi connectivity index (χ4v) is 3.06. The Bertz CT molecular complexity index is 624. The van der Waals surface area contributed by atoms with Crippen molar-refractivity contribution in [2.75, 3.05) is 13.3 Å². The zero-order valence-corrected chi connectivity index (χ0v) is 11.3. The van der Waals surface area contributed by atoms with Crippen molar-refractivity contribution >= 4 is 0 Å². The molecule has 0 amide bonds. The Balaban J connectivity index is 1.68. The van der Waals surface area contributed by atoms with Crippen LogP contribution in [0.2, 0.25) is 0 Å². The van der Waals surface area contributed by atoms with Crippen LogP contribution in [0.25, 0.3) is 0 Å². The van der Waals surface area contributed by atoms with Crippen molar-refractivity contribution in [2.45, 2.75) is 18.9 Å². The second-order valence-electron chi connectivity index (χ2n) is 5.35. The van der Waals surface area contributed by atoms with Crippen molar-refractivity contribution in [2.24, 2.45) is 0 Å². The van der Waals surface area contributed by atoms with Crippen molar-refractivity contribution in [3.8, 4) is 11.5 Å². The number of nitrogens with one attached hydrogen (secondary N) is 1. The number of ether oxygens (including phenoxy) is 2. The van der Waals surface area contributed by atoms with Crippen LogP contribution in [0.5, 0.6) is 11.5 Å². The Labute approximate surface area is 118 Å². The van der Waals surface area contributed by atoms with Gasteiger partial charge in [0.15, 0.2) is 11.5 Å². The van der Waals surface area contributed by atoms with E-state index in [1.165, 1.54) is 16.7 Å². The summed E-state index contributed by atoms with van der Waals surface area (Å²) in [6.45, 7) is 1.36. The van der Waals surface area contributed by atoms with Gasteiger partial charge in [0.1, 0.15) is 0 Å². The molecule has 1 N–H and O–H groups in total. The molecule has 0 unspecified atom stereocenters. The number of fused-ring (bicyclic) bond motifs is 2. The van der Waals surface area contributed by atoms with E-state index in [4.69, 9.17) is 9.47 Å². The molecule has 20 heavy (non-hydrogen) atoms. The summed E-state index contributed by atoms with van der Waals surface area (Å²) in [5.74, 6) is 1.77. The molecular weight excluding hydrogens is 250 g/mol. The fraction of sp³-hybridized carbons (Fsp3) is 0.294. The number of hydrogen-bond acceptors (Lipinski definition) is 3. The molecule has 0 aliphatic carbocycles. The van der Waals surface area contributed by atoms with Crippen LogP contribution in [0.3, 0.4) is 0 Å². The molecule has 2 aromatic rings. The van der Waals surface area contributed by atoms with Crippen LogP contribution in [0.1, 0.15) is 22.7 Å². The van der Waals surface area contributed by atoms with Crippen molar-refractivity contribution in [1.82, 2.24) is 5.32 Å². The maximum absolute atomic E-state index is 5.51. The Kier molecular flexibility index (Phi) is 2.85. The minimum atomic E-state index is 0.342. The average molecular weight is 267 g/mol.